The summed E-state index contributed by atoms with van der Waals surface area (Å²) < 4.78 is 13.4. The van der Waals surface area contributed by atoms with E-state index >= 15 is 0 Å². The summed E-state index contributed by atoms with van der Waals surface area (Å²) in [6.45, 7) is 8.03. The van der Waals surface area contributed by atoms with Gasteiger partial charge in [0.1, 0.15) is 11.6 Å². The van der Waals surface area contributed by atoms with Gasteiger partial charge in [-0.15, -0.1) is 0 Å². The van der Waals surface area contributed by atoms with Gasteiger partial charge in [0.05, 0.1) is 6.20 Å². The molecule has 0 bridgehead atoms. The minimum absolute atomic E-state index is 0.261. The molecular formula is C14H22FN3S. The van der Waals surface area contributed by atoms with E-state index < -0.39 is 0 Å². The molecule has 1 unspecified atom stereocenters. The number of hydrogen-bond donors (Lipinski definition) is 1. The molecule has 1 N–H and O–H groups in total. The lowest BCUT2D eigenvalue weighted by Gasteiger charge is -2.35. The molecule has 1 aromatic heterocycles. The van der Waals surface area contributed by atoms with Crippen molar-refractivity contribution in [1.82, 2.24) is 10.3 Å². The zero-order chi connectivity index (χ0) is 13.8. The van der Waals surface area contributed by atoms with Crippen molar-refractivity contribution in [3.8, 4) is 0 Å². The Morgan fingerprint density at radius 3 is 3.05 bits per heavy atom. The zero-order valence-electron chi connectivity index (χ0n) is 11.8. The third-order valence-electron chi connectivity index (χ3n) is 3.25. The van der Waals surface area contributed by atoms with Crippen molar-refractivity contribution in [2.45, 2.75) is 39.4 Å². The molecule has 5 heteroatoms. The molecule has 0 spiro atoms. The summed E-state index contributed by atoms with van der Waals surface area (Å²) in [7, 11) is 0. The van der Waals surface area contributed by atoms with E-state index in [4.69, 9.17) is 0 Å². The topological polar surface area (TPSA) is 28.2 Å². The fraction of sp³-hybridized carbons (Fsp3) is 0.643. The van der Waals surface area contributed by atoms with Gasteiger partial charge in [-0.1, -0.05) is 13.8 Å². The molecule has 19 heavy (non-hydrogen) atoms. The van der Waals surface area contributed by atoms with Crippen molar-refractivity contribution in [3.05, 3.63) is 23.6 Å². The Morgan fingerprint density at radius 2 is 2.37 bits per heavy atom. The standard InChI is InChI=1S/C14H22FN3S/c1-10(2)16-7-12-6-13(15)8-17-14(12)18-4-5-19-9-11(18)3/h6,8,10-11,16H,4-5,7,9H2,1-3H3. The first-order valence-corrected chi connectivity index (χ1v) is 7.95. The van der Waals surface area contributed by atoms with Crippen LogP contribution in [-0.2, 0) is 6.54 Å². The molecule has 1 fully saturated rings. The van der Waals surface area contributed by atoms with Crippen LogP contribution in [0.5, 0.6) is 0 Å². The van der Waals surface area contributed by atoms with Gasteiger partial charge in [-0.05, 0) is 13.0 Å². The molecule has 0 amide bonds. The Bertz CT molecular complexity index is 425. The molecular weight excluding hydrogens is 261 g/mol. The smallest absolute Gasteiger partial charge is 0.141 e. The molecule has 1 atom stereocenters. The highest BCUT2D eigenvalue weighted by Crippen LogP contribution is 2.25. The Labute approximate surface area is 119 Å². The lowest BCUT2D eigenvalue weighted by atomic mass is 10.2. The number of anilines is 1. The van der Waals surface area contributed by atoms with Gasteiger partial charge in [-0.25, -0.2) is 9.37 Å². The van der Waals surface area contributed by atoms with E-state index in [0.717, 1.165) is 29.4 Å². The molecule has 0 saturated carbocycles. The number of rotatable bonds is 4. The van der Waals surface area contributed by atoms with Gasteiger partial charge in [-0.3, -0.25) is 0 Å². The largest absolute Gasteiger partial charge is 0.352 e. The van der Waals surface area contributed by atoms with E-state index in [1.807, 2.05) is 11.8 Å². The highest BCUT2D eigenvalue weighted by Gasteiger charge is 2.22. The summed E-state index contributed by atoms with van der Waals surface area (Å²) in [6, 6.07) is 2.44. The maximum atomic E-state index is 13.4. The Morgan fingerprint density at radius 1 is 1.58 bits per heavy atom. The van der Waals surface area contributed by atoms with Crippen LogP contribution in [0.15, 0.2) is 12.3 Å². The predicted molar refractivity (Wildman–Crippen MR) is 80.3 cm³/mol. The maximum Gasteiger partial charge on any atom is 0.141 e. The van der Waals surface area contributed by atoms with E-state index in [1.54, 1.807) is 6.07 Å². The molecule has 0 aliphatic carbocycles. The van der Waals surface area contributed by atoms with Crippen LogP contribution < -0.4 is 10.2 Å². The molecule has 1 saturated heterocycles. The first-order valence-electron chi connectivity index (χ1n) is 6.80. The molecule has 1 aliphatic rings. The maximum absolute atomic E-state index is 13.4. The third-order valence-corrected chi connectivity index (χ3v) is 4.44. The molecule has 0 radical (unpaired) electrons. The van der Waals surface area contributed by atoms with Crippen molar-refractivity contribution in [1.29, 1.82) is 0 Å². The van der Waals surface area contributed by atoms with Crippen molar-refractivity contribution in [2.75, 3.05) is 23.0 Å². The lowest BCUT2D eigenvalue weighted by molar-refractivity contribution is 0.573. The normalized spacial score (nSPS) is 20.1. The fourth-order valence-electron chi connectivity index (χ4n) is 2.22. The number of pyridine rings is 1. The van der Waals surface area contributed by atoms with Gasteiger partial charge in [-0.2, -0.15) is 11.8 Å². The number of nitrogens with zero attached hydrogens (tertiary/aromatic N) is 2. The molecule has 3 nitrogen and oxygen atoms in total. The van der Waals surface area contributed by atoms with Gasteiger partial charge in [0.15, 0.2) is 0 Å². The molecule has 0 aromatic carbocycles. The summed E-state index contributed by atoms with van der Waals surface area (Å²) in [4.78, 5) is 6.63. The Balaban J connectivity index is 2.22. The van der Waals surface area contributed by atoms with Crippen molar-refractivity contribution in [2.24, 2.45) is 0 Å². The van der Waals surface area contributed by atoms with Crippen molar-refractivity contribution in [3.63, 3.8) is 0 Å². The van der Waals surface area contributed by atoms with E-state index in [9.17, 15) is 4.39 Å². The van der Waals surface area contributed by atoms with Gasteiger partial charge in [0, 0.05) is 42.2 Å². The molecule has 1 aliphatic heterocycles. The van der Waals surface area contributed by atoms with Gasteiger partial charge >= 0.3 is 0 Å². The number of hydrogen-bond acceptors (Lipinski definition) is 4. The van der Waals surface area contributed by atoms with Crippen molar-refractivity contribution >= 4 is 17.6 Å². The minimum atomic E-state index is -0.261. The van der Waals surface area contributed by atoms with Crippen LogP contribution in [0, 0.1) is 5.82 Å². The predicted octanol–water partition coefficient (Wildman–Crippen LogP) is 2.66. The quantitative estimate of drug-likeness (QED) is 0.919. The first kappa shape index (κ1) is 14.6. The van der Waals surface area contributed by atoms with Crippen molar-refractivity contribution < 1.29 is 4.39 Å². The second-order valence-electron chi connectivity index (χ2n) is 5.29. The number of thioether (sulfide) groups is 1. The molecule has 2 rings (SSSR count). The van der Waals surface area contributed by atoms with Crippen LogP contribution in [0.2, 0.25) is 0 Å². The van der Waals surface area contributed by atoms with Gasteiger partial charge < -0.3 is 10.2 Å². The first-order chi connectivity index (χ1) is 9.08. The summed E-state index contributed by atoms with van der Waals surface area (Å²) in [5.74, 6) is 2.89. The average Bonchev–Trinajstić information content (AvgIpc) is 2.37. The Kier molecular flexibility index (Phi) is 5.05. The zero-order valence-corrected chi connectivity index (χ0v) is 12.6. The van der Waals surface area contributed by atoms with E-state index in [2.05, 4.69) is 36.0 Å². The van der Waals surface area contributed by atoms with Crippen LogP contribution >= 0.6 is 11.8 Å². The number of nitrogens with one attached hydrogen (secondary N) is 1. The second kappa shape index (κ2) is 6.57. The highest BCUT2D eigenvalue weighted by molar-refractivity contribution is 7.99. The van der Waals surface area contributed by atoms with Crippen LogP contribution in [-0.4, -0.2) is 35.1 Å². The average molecular weight is 283 g/mol. The molecule has 2 heterocycles. The lowest BCUT2D eigenvalue weighted by Crippen LogP contribution is -2.41. The van der Waals surface area contributed by atoms with E-state index in [1.165, 1.54) is 6.20 Å². The molecule has 106 valence electrons. The second-order valence-corrected chi connectivity index (χ2v) is 6.44. The summed E-state index contributed by atoms with van der Waals surface area (Å²) >= 11 is 1.97. The number of halogens is 1. The van der Waals surface area contributed by atoms with Gasteiger partial charge in [0.25, 0.3) is 0 Å². The SMILES string of the molecule is CC(C)NCc1cc(F)cnc1N1CCSCC1C. The summed E-state index contributed by atoms with van der Waals surface area (Å²) in [5.41, 5.74) is 0.951. The van der Waals surface area contributed by atoms with Gasteiger partial charge in [0.2, 0.25) is 0 Å². The third kappa shape index (κ3) is 3.83. The monoisotopic (exact) mass is 283 g/mol. The molecule has 1 aromatic rings. The van der Waals surface area contributed by atoms with Crippen LogP contribution in [0.4, 0.5) is 10.2 Å². The highest BCUT2D eigenvalue weighted by atomic mass is 32.2. The fourth-order valence-corrected chi connectivity index (χ4v) is 3.23. The summed E-state index contributed by atoms with van der Waals surface area (Å²) in [6.07, 6.45) is 1.32. The minimum Gasteiger partial charge on any atom is -0.352 e. The van der Waals surface area contributed by atoms with E-state index in [0.29, 0.717) is 18.6 Å². The van der Waals surface area contributed by atoms with Crippen LogP contribution in [0.25, 0.3) is 0 Å². The number of aromatic nitrogens is 1. The van der Waals surface area contributed by atoms with E-state index in [-0.39, 0.29) is 5.82 Å². The van der Waals surface area contributed by atoms with Crippen LogP contribution in [0.3, 0.4) is 0 Å². The summed E-state index contributed by atoms with van der Waals surface area (Å²) in [5, 5.41) is 3.34. The van der Waals surface area contributed by atoms with Crippen LogP contribution in [0.1, 0.15) is 26.3 Å². The Hall–Kier alpha value is -0.810.